The van der Waals surface area contributed by atoms with Crippen molar-refractivity contribution >= 4 is 16.5 Å². The molecule has 0 aliphatic carbocycles. The minimum Gasteiger partial charge on any atom is -0.493 e. The molecule has 0 saturated carbocycles. The number of ether oxygens (including phenoxy) is 2. The number of para-hydroxylation sites is 1. The normalized spacial score (nSPS) is 14.8. The number of aromatic nitrogens is 3. The Morgan fingerprint density at radius 2 is 1.77 bits per heavy atom. The van der Waals surface area contributed by atoms with Crippen LogP contribution in [0.4, 0.5) is 5.13 Å². The molecule has 9 heteroatoms. The second kappa shape index (κ2) is 9.46. The van der Waals surface area contributed by atoms with Crippen LogP contribution in [0.25, 0.3) is 5.13 Å². The number of hydrogen-bond acceptors (Lipinski definition) is 8. The first-order chi connectivity index (χ1) is 14.7. The van der Waals surface area contributed by atoms with Crippen LogP contribution in [-0.2, 0) is 13.1 Å². The van der Waals surface area contributed by atoms with Crippen LogP contribution in [-0.4, -0.2) is 67.1 Å². The van der Waals surface area contributed by atoms with Gasteiger partial charge in [-0.3, -0.25) is 4.57 Å². The maximum Gasteiger partial charge on any atom is 0.218 e. The van der Waals surface area contributed by atoms with E-state index in [1.54, 1.807) is 25.6 Å². The molecule has 160 valence electrons. The summed E-state index contributed by atoms with van der Waals surface area (Å²) in [6.07, 6.45) is 2.04. The Bertz CT molecular complexity index is 964. The van der Waals surface area contributed by atoms with Crippen LogP contribution >= 0.6 is 11.3 Å². The van der Waals surface area contributed by atoms with Gasteiger partial charge >= 0.3 is 0 Å². The molecule has 4 rings (SSSR count). The number of nitrogens with one attached hydrogen (secondary N) is 1. The summed E-state index contributed by atoms with van der Waals surface area (Å²) < 4.78 is 13.0. The predicted molar refractivity (Wildman–Crippen MR) is 119 cm³/mol. The van der Waals surface area contributed by atoms with Crippen molar-refractivity contribution in [2.45, 2.75) is 13.1 Å². The third-order valence-corrected chi connectivity index (χ3v) is 6.31. The minimum atomic E-state index is 0.675. The Hall–Kier alpha value is -2.62. The van der Waals surface area contributed by atoms with Crippen LogP contribution in [0.1, 0.15) is 11.3 Å². The zero-order valence-electron chi connectivity index (χ0n) is 17.7. The summed E-state index contributed by atoms with van der Waals surface area (Å²) >= 11 is 1.64. The molecule has 1 fully saturated rings. The van der Waals surface area contributed by atoms with Crippen LogP contribution < -0.4 is 19.7 Å². The van der Waals surface area contributed by atoms with Crippen LogP contribution in [0.5, 0.6) is 11.5 Å². The second-order valence-corrected chi connectivity index (χ2v) is 8.22. The van der Waals surface area contributed by atoms with Crippen molar-refractivity contribution in [3.8, 4) is 16.6 Å². The van der Waals surface area contributed by atoms with E-state index < -0.39 is 0 Å². The Morgan fingerprint density at radius 3 is 2.53 bits per heavy atom. The highest BCUT2D eigenvalue weighted by Gasteiger charge is 2.19. The smallest absolute Gasteiger partial charge is 0.218 e. The molecule has 1 aliphatic rings. The molecule has 1 saturated heterocycles. The summed E-state index contributed by atoms with van der Waals surface area (Å²) in [6.45, 7) is 5.48. The highest BCUT2D eigenvalue weighted by Crippen LogP contribution is 2.30. The maximum atomic E-state index is 5.52. The van der Waals surface area contributed by atoms with Gasteiger partial charge in [0.25, 0.3) is 0 Å². The SMILES string of the molecule is COc1cccc(CNCc2cccn2-c2nnc(N3CCN(C)CC3)s2)c1OC. The van der Waals surface area contributed by atoms with Crippen molar-refractivity contribution in [3.05, 3.63) is 47.8 Å². The fourth-order valence-corrected chi connectivity index (χ4v) is 4.51. The van der Waals surface area contributed by atoms with E-state index in [2.05, 4.69) is 43.0 Å². The quantitative estimate of drug-likeness (QED) is 0.591. The van der Waals surface area contributed by atoms with Crippen LogP contribution in [0, 0.1) is 0 Å². The van der Waals surface area contributed by atoms with Crippen molar-refractivity contribution in [2.24, 2.45) is 0 Å². The molecule has 1 N–H and O–H groups in total. The first-order valence-corrected chi connectivity index (χ1v) is 10.9. The molecule has 0 spiro atoms. The van der Waals surface area contributed by atoms with Gasteiger partial charge in [-0.15, -0.1) is 10.2 Å². The van der Waals surface area contributed by atoms with E-state index in [-0.39, 0.29) is 0 Å². The lowest BCUT2D eigenvalue weighted by molar-refractivity contribution is 0.312. The summed E-state index contributed by atoms with van der Waals surface area (Å²) in [5.41, 5.74) is 2.20. The first-order valence-electron chi connectivity index (χ1n) is 10.0. The van der Waals surface area contributed by atoms with Gasteiger partial charge in [-0.05, 0) is 25.2 Å². The second-order valence-electron chi connectivity index (χ2n) is 7.28. The zero-order valence-corrected chi connectivity index (χ0v) is 18.5. The number of likely N-dealkylation sites (N-methyl/N-ethyl adjacent to an activating group) is 1. The lowest BCUT2D eigenvalue weighted by atomic mass is 10.2. The van der Waals surface area contributed by atoms with Gasteiger partial charge in [-0.2, -0.15) is 0 Å². The van der Waals surface area contributed by atoms with Crippen molar-refractivity contribution in [2.75, 3.05) is 52.3 Å². The molecule has 30 heavy (non-hydrogen) atoms. The van der Waals surface area contributed by atoms with Crippen molar-refractivity contribution in [1.82, 2.24) is 25.0 Å². The van der Waals surface area contributed by atoms with Gasteiger partial charge in [0.15, 0.2) is 11.5 Å². The number of methoxy groups -OCH3 is 2. The van der Waals surface area contributed by atoms with Crippen molar-refractivity contribution in [3.63, 3.8) is 0 Å². The molecular formula is C21H28N6O2S. The Labute approximate surface area is 181 Å². The first kappa shape index (κ1) is 20.6. The van der Waals surface area contributed by atoms with E-state index in [9.17, 15) is 0 Å². The highest BCUT2D eigenvalue weighted by atomic mass is 32.1. The van der Waals surface area contributed by atoms with E-state index in [1.807, 2.05) is 30.5 Å². The van der Waals surface area contributed by atoms with Crippen LogP contribution in [0.3, 0.4) is 0 Å². The van der Waals surface area contributed by atoms with Gasteiger partial charge in [0, 0.05) is 56.7 Å². The molecule has 0 unspecified atom stereocenters. The minimum absolute atomic E-state index is 0.675. The molecular weight excluding hydrogens is 400 g/mol. The fourth-order valence-electron chi connectivity index (χ4n) is 3.60. The van der Waals surface area contributed by atoms with Gasteiger partial charge in [0.05, 0.1) is 14.2 Å². The van der Waals surface area contributed by atoms with Gasteiger partial charge in [0.2, 0.25) is 10.3 Å². The average molecular weight is 429 g/mol. The van der Waals surface area contributed by atoms with Gasteiger partial charge in [-0.1, -0.05) is 23.5 Å². The maximum absolute atomic E-state index is 5.52. The van der Waals surface area contributed by atoms with E-state index in [0.717, 1.165) is 59.2 Å². The number of piperazine rings is 1. The molecule has 0 radical (unpaired) electrons. The van der Waals surface area contributed by atoms with Gasteiger partial charge in [0.1, 0.15) is 0 Å². The number of nitrogens with zero attached hydrogens (tertiary/aromatic N) is 5. The lowest BCUT2D eigenvalue weighted by Gasteiger charge is -2.31. The van der Waals surface area contributed by atoms with E-state index in [4.69, 9.17) is 9.47 Å². The van der Waals surface area contributed by atoms with Crippen LogP contribution in [0.15, 0.2) is 36.5 Å². The Morgan fingerprint density at radius 1 is 0.967 bits per heavy atom. The number of benzene rings is 1. The summed E-state index contributed by atoms with van der Waals surface area (Å²) in [7, 11) is 5.48. The Balaban J connectivity index is 1.41. The number of rotatable bonds is 8. The molecule has 3 heterocycles. The van der Waals surface area contributed by atoms with E-state index >= 15 is 0 Å². The zero-order chi connectivity index (χ0) is 20.9. The summed E-state index contributed by atoms with van der Waals surface area (Å²) in [4.78, 5) is 4.66. The topological polar surface area (TPSA) is 67.7 Å². The monoisotopic (exact) mass is 428 g/mol. The molecule has 3 aromatic rings. The van der Waals surface area contributed by atoms with Crippen LogP contribution in [0.2, 0.25) is 0 Å². The number of hydrogen-bond donors (Lipinski definition) is 1. The molecule has 0 bridgehead atoms. The standard InChI is InChI=1S/C21H28N6O2S/c1-25-10-12-26(13-11-25)20-23-24-21(30-20)27-9-5-7-17(27)15-22-14-16-6-4-8-18(28-2)19(16)29-3/h4-9,22H,10-15H2,1-3H3. The van der Waals surface area contributed by atoms with Gasteiger partial charge < -0.3 is 24.6 Å². The highest BCUT2D eigenvalue weighted by molar-refractivity contribution is 7.17. The molecule has 1 aromatic carbocycles. The third-order valence-electron chi connectivity index (χ3n) is 5.32. The van der Waals surface area contributed by atoms with E-state index in [1.165, 1.54) is 0 Å². The average Bonchev–Trinajstić information content (AvgIpc) is 3.43. The lowest BCUT2D eigenvalue weighted by Crippen LogP contribution is -2.44. The molecule has 0 amide bonds. The predicted octanol–water partition coefficient (Wildman–Crippen LogP) is 2.39. The van der Waals surface area contributed by atoms with Gasteiger partial charge in [-0.25, -0.2) is 0 Å². The molecule has 8 nitrogen and oxygen atoms in total. The Kier molecular flexibility index (Phi) is 6.51. The summed E-state index contributed by atoms with van der Waals surface area (Å²) in [5.74, 6) is 1.51. The third kappa shape index (κ3) is 4.43. The van der Waals surface area contributed by atoms with Crippen molar-refractivity contribution in [1.29, 1.82) is 0 Å². The van der Waals surface area contributed by atoms with Crippen molar-refractivity contribution < 1.29 is 9.47 Å². The molecule has 0 atom stereocenters. The molecule has 1 aliphatic heterocycles. The molecule has 2 aromatic heterocycles. The van der Waals surface area contributed by atoms with E-state index in [0.29, 0.717) is 13.1 Å². The summed E-state index contributed by atoms with van der Waals surface area (Å²) in [5, 5.41) is 14.3. The fraction of sp³-hybridized carbons (Fsp3) is 0.429. The largest absolute Gasteiger partial charge is 0.493 e. The summed E-state index contributed by atoms with van der Waals surface area (Å²) in [6, 6.07) is 10.1. The number of anilines is 1.